The smallest absolute Gasteiger partial charge is 0.207 e. The number of allylic oxidation sites excluding steroid dienone is 1. The maximum absolute atomic E-state index is 10.2. The summed E-state index contributed by atoms with van der Waals surface area (Å²) in [7, 11) is 0. The highest BCUT2D eigenvalue weighted by Gasteiger charge is 2.05. The van der Waals surface area contributed by atoms with Crippen LogP contribution in [-0.2, 0) is 0 Å². The number of nitro groups is 1. The van der Waals surface area contributed by atoms with Gasteiger partial charge in [0.15, 0.2) is 0 Å². The molecule has 1 aliphatic rings. The zero-order valence-electron chi connectivity index (χ0n) is 8.00. The second-order valence-electron chi connectivity index (χ2n) is 3.62. The van der Waals surface area contributed by atoms with Gasteiger partial charge in [-0.25, -0.2) is 0 Å². The molecule has 0 spiro atoms. The number of hydrogen-bond acceptors (Lipinski definition) is 2. The summed E-state index contributed by atoms with van der Waals surface area (Å²) in [5.74, 6) is 0. The molecule has 0 aromatic rings. The van der Waals surface area contributed by atoms with Crippen molar-refractivity contribution in [2.45, 2.75) is 44.9 Å². The molecule has 0 unspecified atom stereocenters. The van der Waals surface area contributed by atoms with Crippen molar-refractivity contribution in [3.05, 3.63) is 21.8 Å². The fraction of sp³-hybridized carbons (Fsp3) is 0.800. The minimum atomic E-state index is -0.223. The highest BCUT2D eigenvalue weighted by atomic mass is 16.6. The standard InChI is InChI=1S/C10H17NO2/c12-11(13)9-8-10-6-4-2-1-3-5-7-10/h6H,1-5,7-9H2. The van der Waals surface area contributed by atoms with Gasteiger partial charge in [-0.2, -0.15) is 0 Å². The lowest BCUT2D eigenvalue weighted by Crippen LogP contribution is -2.02. The molecule has 0 bridgehead atoms. The summed E-state index contributed by atoms with van der Waals surface area (Å²) >= 11 is 0. The average molecular weight is 183 g/mol. The lowest BCUT2D eigenvalue weighted by Gasteiger charge is -2.09. The van der Waals surface area contributed by atoms with E-state index in [1.807, 2.05) is 0 Å². The first kappa shape index (κ1) is 10.2. The van der Waals surface area contributed by atoms with E-state index in [0.29, 0.717) is 6.42 Å². The van der Waals surface area contributed by atoms with Gasteiger partial charge in [0.05, 0.1) is 0 Å². The molecular weight excluding hydrogens is 166 g/mol. The third-order valence-corrected chi connectivity index (χ3v) is 2.50. The Hall–Kier alpha value is -0.860. The SMILES string of the molecule is O=[N+]([O-])CCC1=CCCCCCC1. The molecule has 0 radical (unpaired) electrons. The Labute approximate surface area is 79.0 Å². The molecule has 0 aromatic heterocycles. The average Bonchev–Trinajstić information content (AvgIpc) is 2.01. The van der Waals surface area contributed by atoms with Crippen LogP contribution in [0.1, 0.15) is 44.9 Å². The first-order valence-corrected chi connectivity index (χ1v) is 5.09. The van der Waals surface area contributed by atoms with Crippen LogP contribution in [0.4, 0.5) is 0 Å². The third kappa shape index (κ3) is 4.65. The first-order chi connectivity index (χ1) is 6.29. The molecule has 0 fully saturated rings. The van der Waals surface area contributed by atoms with Crippen LogP contribution in [0, 0.1) is 10.1 Å². The van der Waals surface area contributed by atoms with Gasteiger partial charge in [-0.05, 0) is 25.7 Å². The molecule has 0 saturated heterocycles. The van der Waals surface area contributed by atoms with Crippen molar-refractivity contribution >= 4 is 0 Å². The van der Waals surface area contributed by atoms with Gasteiger partial charge in [-0.3, -0.25) is 10.1 Å². The number of rotatable bonds is 3. The summed E-state index contributed by atoms with van der Waals surface area (Å²) in [4.78, 5) is 9.95. The van der Waals surface area contributed by atoms with Gasteiger partial charge >= 0.3 is 0 Å². The summed E-state index contributed by atoms with van der Waals surface area (Å²) in [6.07, 6.45) is 10.1. The Morgan fingerprint density at radius 2 is 2.08 bits per heavy atom. The van der Waals surface area contributed by atoms with Crippen LogP contribution >= 0.6 is 0 Å². The van der Waals surface area contributed by atoms with Crippen molar-refractivity contribution in [1.82, 2.24) is 0 Å². The topological polar surface area (TPSA) is 43.1 Å². The van der Waals surface area contributed by atoms with Crippen LogP contribution in [-0.4, -0.2) is 11.5 Å². The van der Waals surface area contributed by atoms with Crippen molar-refractivity contribution in [2.75, 3.05) is 6.54 Å². The van der Waals surface area contributed by atoms with E-state index in [2.05, 4.69) is 6.08 Å². The Morgan fingerprint density at radius 3 is 2.85 bits per heavy atom. The highest BCUT2D eigenvalue weighted by molar-refractivity contribution is 5.02. The van der Waals surface area contributed by atoms with Crippen LogP contribution in [0.3, 0.4) is 0 Å². The van der Waals surface area contributed by atoms with Crippen molar-refractivity contribution in [1.29, 1.82) is 0 Å². The molecule has 13 heavy (non-hydrogen) atoms. The van der Waals surface area contributed by atoms with E-state index in [4.69, 9.17) is 0 Å². The molecule has 0 heterocycles. The van der Waals surface area contributed by atoms with E-state index in [-0.39, 0.29) is 11.5 Å². The molecule has 1 aliphatic carbocycles. The van der Waals surface area contributed by atoms with Crippen LogP contribution in [0.15, 0.2) is 11.6 Å². The summed E-state index contributed by atoms with van der Waals surface area (Å²) < 4.78 is 0. The lowest BCUT2D eigenvalue weighted by atomic mass is 9.98. The fourth-order valence-electron chi connectivity index (χ4n) is 1.72. The quantitative estimate of drug-likeness (QED) is 0.383. The number of hydrogen-bond donors (Lipinski definition) is 0. The second kappa shape index (κ2) is 5.73. The Kier molecular flexibility index (Phi) is 4.50. The monoisotopic (exact) mass is 183 g/mol. The third-order valence-electron chi connectivity index (χ3n) is 2.50. The van der Waals surface area contributed by atoms with Gasteiger partial charge in [0.25, 0.3) is 0 Å². The van der Waals surface area contributed by atoms with Gasteiger partial charge in [0, 0.05) is 11.3 Å². The molecule has 0 aromatic carbocycles. The van der Waals surface area contributed by atoms with E-state index in [9.17, 15) is 10.1 Å². The predicted molar refractivity (Wildman–Crippen MR) is 52.3 cm³/mol. The normalized spacial score (nSPS) is 18.6. The minimum Gasteiger partial charge on any atom is -0.265 e. The fourth-order valence-corrected chi connectivity index (χ4v) is 1.72. The molecule has 3 heteroatoms. The van der Waals surface area contributed by atoms with Crippen LogP contribution < -0.4 is 0 Å². The molecule has 1 rings (SSSR count). The number of nitrogens with zero attached hydrogens (tertiary/aromatic N) is 1. The zero-order chi connectivity index (χ0) is 9.52. The van der Waals surface area contributed by atoms with Gasteiger partial charge in [-0.1, -0.05) is 24.5 Å². The van der Waals surface area contributed by atoms with Crippen LogP contribution in [0.25, 0.3) is 0 Å². The zero-order valence-corrected chi connectivity index (χ0v) is 8.00. The van der Waals surface area contributed by atoms with Crippen LogP contribution in [0.5, 0.6) is 0 Å². The van der Waals surface area contributed by atoms with Crippen molar-refractivity contribution in [2.24, 2.45) is 0 Å². The van der Waals surface area contributed by atoms with E-state index < -0.39 is 0 Å². The molecule has 0 aliphatic heterocycles. The predicted octanol–water partition coefficient (Wildman–Crippen LogP) is 2.93. The Morgan fingerprint density at radius 1 is 1.31 bits per heavy atom. The molecular formula is C10H17NO2. The summed E-state index contributed by atoms with van der Waals surface area (Å²) in [5.41, 5.74) is 1.30. The molecule has 0 saturated carbocycles. The van der Waals surface area contributed by atoms with Crippen LogP contribution in [0.2, 0.25) is 0 Å². The minimum absolute atomic E-state index is 0.103. The Balaban J connectivity index is 2.31. The highest BCUT2D eigenvalue weighted by Crippen LogP contribution is 2.18. The molecule has 0 N–H and O–H groups in total. The second-order valence-corrected chi connectivity index (χ2v) is 3.62. The molecule has 0 atom stereocenters. The van der Waals surface area contributed by atoms with E-state index in [1.54, 1.807) is 0 Å². The van der Waals surface area contributed by atoms with Crippen molar-refractivity contribution < 1.29 is 4.92 Å². The van der Waals surface area contributed by atoms with E-state index in [0.717, 1.165) is 12.8 Å². The maximum Gasteiger partial charge on any atom is 0.207 e. The lowest BCUT2D eigenvalue weighted by molar-refractivity contribution is -0.479. The summed E-state index contributed by atoms with van der Waals surface area (Å²) in [5, 5.41) is 10.2. The Bertz CT molecular complexity index is 199. The van der Waals surface area contributed by atoms with E-state index in [1.165, 1.54) is 31.3 Å². The molecule has 3 nitrogen and oxygen atoms in total. The molecule has 0 amide bonds. The maximum atomic E-state index is 10.2. The molecule has 74 valence electrons. The largest absolute Gasteiger partial charge is 0.265 e. The summed E-state index contributed by atoms with van der Waals surface area (Å²) in [6.45, 7) is 0.103. The van der Waals surface area contributed by atoms with Gasteiger partial charge in [0.2, 0.25) is 6.54 Å². The van der Waals surface area contributed by atoms with Gasteiger partial charge in [0.1, 0.15) is 0 Å². The van der Waals surface area contributed by atoms with Gasteiger partial charge < -0.3 is 0 Å². The van der Waals surface area contributed by atoms with E-state index >= 15 is 0 Å². The first-order valence-electron chi connectivity index (χ1n) is 5.09. The van der Waals surface area contributed by atoms with Crippen molar-refractivity contribution in [3.63, 3.8) is 0 Å². The van der Waals surface area contributed by atoms with Gasteiger partial charge in [-0.15, -0.1) is 0 Å². The summed E-state index contributed by atoms with van der Waals surface area (Å²) in [6, 6.07) is 0. The van der Waals surface area contributed by atoms with Crippen molar-refractivity contribution in [3.8, 4) is 0 Å².